The van der Waals surface area contributed by atoms with E-state index in [9.17, 15) is 13.2 Å². The highest BCUT2D eigenvalue weighted by Crippen LogP contribution is 2.43. The minimum atomic E-state index is -3.30. The molecule has 0 radical (unpaired) electrons. The van der Waals surface area contributed by atoms with E-state index in [1.807, 2.05) is 6.92 Å². The van der Waals surface area contributed by atoms with Crippen molar-refractivity contribution in [2.45, 2.75) is 81.0 Å². The smallest absolute Gasteiger partial charge is 0.295 e. The fourth-order valence-electron chi connectivity index (χ4n) is 5.27. The third kappa shape index (κ3) is 4.53. The highest BCUT2D eigenvalue weighted by Gasteiger charge is 2.37. The van der Waals surface area contributed by atoms with Crippen molar-refractivity contribution in [3.8, 4) is 11.4 Å². The summed E-state index contributed by atoms with van der Waals surface area (Å²) in [7, 11) is -3.30. The van der Waals surface area contributed by atoms with Crippen molar-refractivity contribution in [2.24, 2.45) is 5.92 Å². The number of aryl methyl sites for hydroxylation is 1. The van der Waals surface area contributed by atoms with E-state index in [0.717, 1.165) is 42.6 Å². The lowest BCUT2D eigenvalue weighted by molar-refractivity contribution is 0.482. The Morgan fingerprint density at radius 2 is 1.80 bits per heavy atom. The Bertz CT molecular complexity index is 1790. The largest absolute Gasteiger partial charge is 0.360 e. The van der Waals surface area contributed by atoms with Gasteiger partial charge in [-0.2, -0.15) is 0 Å². The van der Waals surface area contributed by atoms with Crippen LogP contribution in [0.15, 0.2) is 40.5 Å². The Morgan fingerprint density at radius 3 is 2.48 bits per heavy atom. The van der Waals surface area contributed by atoms with Crippen LogP contribution in [0.2, 0.25) is 0 Å². The predicted molar refractivity (Wildman–Crippen MR) is 149 cm³/mol. The van der Waals surface area contributed by atoms with Gasteiger partial charge in [0.05, 0.1) is 45.5 Å². The molecule has 206 valence electrons. The van der Waals surface area contributed by atoms with Gasteiger partial charge in [-0.1, -0.05) is 0 Å². The van der Waals surface area contributed by atoms with Crippen LogP contribution >= 0.6 is 0 Å². The van der Waals surface area contributed by atoms with Crippen molar-refractivity contribution < 1.29 is 8.42 Å². The topological polar surface area (TPSA) is 146 Å². The first-order valence-electron chi connectivity index (χ1n) is 13.8. The number of hydrogen-bond acceptors (Lipinski definition) is 10. The van der Waals surface area contributed by atoms with E-state index in [0.29, 0.717) is 47.4 Å². The minimum absolute atomic E-state index is 0.0534. The van der Waals surface area contributed by atoms with Gasteiger partial charge in [0.2, 0.25) is 0 Å². The Labute approximate surface area is 231 Å². The highest BCUT2D eigenvalue weighted by molar-refractivity contribution is 7.92. The quantitative estimate of drug-likeness (QED) is 0.322. The molecule has 3 aliphatic rings. The van der Waals surface area contributed by atoms with Gasteiger partial charge in [0.1, 0.15) is 11.8 Å². The van der Waals surface area contributed by atoms with E-state index in [4.69, 9.17) is 4.98 Å². The molecular formula is C28H30N8O3S. The molecule has 0 amide bonds. The lowest BCUT2D eigenvalue weighted by Crippen LogP contribution is -2.29. The molecule has 1 unspecified atom stereocenters. The normalized spacial score (nSPS) is 18.1. The van der Waals surface area contributed by atoms with Crippen LogP contribution in [0.4, 0.5) is 5.82 Å². The molecule has 7 rings (SSSR count). The molecule has 3 saturated carbocycles. The van der Waals surface area contributed by atoms with E-state index < -0.39 is 9.84 Å². The highest BCUT2D eigenvalue weighted by atomic mass is 32.2. The van der Waals surface area contributed by atoms with E-state index in [1.54, 1.807) is 29.2 Å². The number of sulfone groups is 1. The van der Waals surface area contributed by atoms with Gasteiger partial charge < -0.3 is 5.32 Å². The third-order valence-electron chi connectivity index (χ3n) is 8.12. The number of fused-ring (bicyclic) bond motifs is 1. The summed E-state index contributed by atoms with van der Waals surface area (Å²) in [4.78, 5) is 41.4. The van der Waals surface area contributed by atoms with Gasteiger partial charge in [-0.05, 0) is 70.4 Å². The summed E-state index contributed by atoms with van der Waals surface area (Å²) < 4.78 is 26.7. The second kappa shape index (κ2) is 9.39. The van der Waals surface area contributed by atoms with Gasteiger partial charge in [-0.15, -0.1) is 0 Å². The second-order valence-electron chi connectivity index (χ2n) is 11.2. The van der Waals surface area contributed by atoms with Crippen LogP contribution in [-0.2, 0) is 16.4 Å². The Kier molecular flexibility index (Phi) is 5.92. The molecule has 0 spiro atoms. The minimum Gasteiger partial charge on any atom is -0.360 e. The molecule has 3 fully saturated rings. The number of pyridine rings is 1. The monoisotopic (exact) mass is 558 g/mol. The molecule has 1 atom stereocenters. The summed E-state index contributed by atoms with van der Waals surface area (Å²) in [6.45, 7) is 4.21. The summed E-state index contributed by atoms with van der Waals surface area (Å²) in [5.41, 5.74) is 3.98. The van der Waals surface area contributed by atoms with Crippen molar-refractivity contribution in [1.29, 1.82) is 0 Å². The molecule has 0 aromatic carbocycles. The van der Waals surface area contributed by atoms with Gasteiger partial charge in [-0.3, -0.25) is 14.3 Å². The van der Waals surface area contributed by atoms with Gasteiger partial charge in [-0.25, -0.2) is 33.3 Å². The van der Waals surface area contributed by atoms with Crippen LogP contribution in [0.25, 0.3) is 22.6 Å². The number of rotatable bonds is 9. The van der Waals surface area contributed by atoms with Crippen molar-refractivity contribution in [3.05, 3.63) is 58.3 Å². The first-order valence-corrected chi connectivity index (χ1v) is 15.4. The first kappa shape index (κ1) is 25.2. The van der Waals surface area contributed by atoms with Gasteiger partial charge in [0.15, 0.2) is 27.1 Å². The lowest BCUT2D eigenvalue weighted by Gasteiger charge is -2.19. The van der Waals surface area contributed by atoms with Crippen LogP contribution in [0, 0.1) is 12.8 Å². The zero-order chi connectivity index (χ0) is 27.6. The standard InChI is InChI=1S/C28H30N8O3S/c1-15-23(24(18-5-6-18)33-14-32-15)25-31-13-22-27(35-25)36(16(2)17-3-4-17)28(37)26(34-22)30-11-19-7-8-21(12-29-19)40(38,39)20-9-10-20/h7-8,12-14,16-18,20H,3-6,9-11H2,1-2H3,(H,30,34). The molecule has 12 heteroatoms. The molecule has 11 nitrogen and oxygen atoms in total. The zero-order valence-corrected chi connectivity index (χ0v) is 23.2. The van der Waals surface area contributed by atoms with Crippen LogP contribution in [-0.4, -0.2) is 48.1 Å². The van der Waals surface area contributed by atoms with Gasteiger partial charge >= 0.3 is 0 Å². The maximum absolute atomic E-state index is 13.8. The average Bonchev–Trinajstić information content (AvgIpc) is 3.79. The van der Waals surface area contributed by atoms with Crippen molar-refractivity contribution in [3.63, 3.8) is 0 Å². The fourth-order valence-corrected chi connectivity index (χ4v) is 6.87. The average molecular weight is 559 g/mol. The number of hydrogen-bond donors (Lipinski definition) is 1. The van der Waals surface area contributed by atoms with Crippen LogP contribution in [0.3, 0.4) is 0 Å². The molecule has 40 heavy (non-hydrogen) atoms. The molecule has 0 aliphatic heterocycles. The Morgan fingerprint density at radius 1 is 1.00 bits per heavy atom. The molecular weight excluding hydrogens is 528 g/mol. The van der Waals surface area contributed by atoms with Gasteiger partial charge in [0, 0.05) is 18.2 Å². The summed E-state index contributed by atoms with van der Waals surface area (Å²) in [5.74, 6) is 1.49. The predicted octanol–water partition coefficient (Wildman–Crippen LogP) is 3.74. The van der Waals surface area contributed by atoms with E-state index in [2.05, 4.69) is 37.2 Å². The van der Waals surface area contributed by atoms with E-state index in [1.165, 1.54) is 6.20 Å². The first-order chi connectivity index (χ1) is 19.3. The number of nitrogens with one attached hydrogen (secondary N) is 1. The van der Waals surface area contributed by atoms with Crippen LogP contribution in [0.1, 0.15) is 74.5 Å². The summed E-state index contributed by atoms with van der Waals surface area (Å²) in [6.07, 6.45) is 10.4. The Hall–Kier alpha value is -3.80. The zero-order valence-electron chi connectivity index (χ0n) is 22.4. The summed E-state index contributed by atoms with van der Waals surface area (Å²) in [6, 6.07) is 3.20. The van der Waals surface area contributed by atoms with Crippen molar-refractivity contribution in [2.75, 3.05) is 5.32 Å². The molecule has 1 N–H and O–H groups in total. The maximum atomic E-state index is 13.8. The molecule has 0 bridgehead atoms. The maximum Gasteiger partial charge on any atom is 0.295 e. The van der Waals surface area contributed by atoms with E-state index in [-0.39, 0.29) is 34.1 Å². The number of anilines is 1. The fraction of sp³-hybridized carbons (Fsp3) is 0.464. The SMILES string of the molecule is Cc1ncnc(C2CC2)c1-c1ncc2nc(NCc3ccc(S(=O)(=O)C4CC4)cn3)c(=O)n(C(C)C3CC3)c2n1. The molecule has 3 aliphatic carbocycles. The molecule has 0 saturated heterocycles. The number of aromatic nitrogens is 7. The summed E-state index contributed by atoms with van der Waals surface area (Å²) in [5, 5.41) is 2.84. The number of nitrogens with zero attached hydrogens (tertiary/aromatic N) is 7. The van der Waals surface area contributed by atoms with Gasteiger partial charge in [0.25, 0.3) is 5.56 Å². The molecule has 4 aromatic rings. The Balaban J connectivity index is 1.24. The molecule has 4 aromatic heterocycles. The summed E-state index contributed by atoms with van der Waals surface area (Å²) >= 11 is 0. The van der Waals surface area contributed by atoms with E-state index >= 15 is 0 Å². The van der Waals surface area contributed by atoms with Crippen LogP contribution in [0.5, 0.6) is 0 Å². The second-order valence-corrected chi connectivity index (χ2v) is 13.4. The molecule has 4 heterocycles. The lowest BCUT2D eigenvalue weighted by atomic mass is 10.1. The third-order valence-corrected chi connectivity index (χ3v) is 10.4. The van der Waals surface area contributed by atoms with Crippen LogP contribution < -0.4 is 10.9 Å². The van der Waals surface area contributed by atoms with Crippen molar-refractivity contribution >= 4 is 26.8 Å². The van der Waals surface area contributed by atoms with Crippen molar-refractivity contribution in [1.82, 2.24) is 34.5 Å².